The number of halogens is 2. The molecule has 0 aliphatic heterocycles. The van der Waals surface area contributed by atoms with Gasteiger partial charge in [-0.15, -0.1) is 0 Å². The molecule has 0 bridgehead atoms. The van der Waals surface area contributed by atoms with Crippen LogP contribution in [-0.4, -0.2) is 30.3 Å². The Balaban J connectivity index is 2.42. The molecule has 1 atom stereocenters. The van der Waals surface area contributed by atoms with Gasteiger partial charge < -0.3 is 15.2 Å². The zero-order chi connectivity index (χ0) is 13.5. The highest BCUT2D eigenvalue weighted by atomic mass is 19.1. The number of benzene rings is 1. The van der Waals surface area contributed by atoms with Crippen LogP contribution in [0.1, 0.15) is 13.3 Å². The molecule has 0 saturated carbocycles. The zero-order valence-electron chi connectivity index (χ0n) is 9.95. The summed E-state index contributed by atoms with van der Waals surface area (Å²) in [6, 6.07) is 2.94. The minimum absolute atomic E-state index is 0.00169. The largest absolute Gasteiger partial charge is 0.466 e. The summed E-state index contributed by atoms with van der Waals surface area (Å²) in [6.07, 6.45) is -1.14. The Morgan fingerprint density at radius 1 is 1.39 bits per heavy atom. The molecule has 0 aliphatic rings. The predicted molar refractivity (Wildman–Crippen MR) is 62.1 cm³/mol. The molecule has 0 amide bonds. The molecule has 0 heterocycles. The molecule has 100 valence electrons. The Kier molecular flexibility index (Phi) is 5.51. The van der Waals surface area contributed by atoms with Crippen molar-refractivity contribution in [3.8, 4) is 0 Å². The van der Waals surface area contributed by atoms with E-state index in [1.165, 1.54) is 0 Å². The lowest BCUT2D eigenvalue weighted by Crippen LogP contribution is -2.24. The molecular weight excluding hydrogens is 244 g/mol. The van der Waals surface area contributed by atoms with Crippen LogP contribution in [0.5, 0.6) is 0 Å². The first kappa shape index (κ1) is 14.4. The summed E-state index contributed by atoms with van der Waals surface area (Å²) < 4.78 is 30.3. The highest BCUT2D eigenvalue weighted by Crippen LogP contribution is 2.12. The Morgan fingerprint density at radius 3 is 2.56 bits per heavy atom. The van der Waals surface area contributed by atoms with Crippen molar-refractivity contribution in [3.05, 3.63) is 29.8 Å². The van der Waals surface area contributed by atoms with Gasteiger partial charge in [-0.1, -0.05) is 0 Å². The summed E-state index contributed by atoms with van der Waals surface area (Å²) in [5.41, 5.74) is 0.204. The van der Waals surface area contributed by atoms with Crippen LogP contribution in [0.25, 0.3) is 0 Å². The summed E-state index contributed by atoms with van der Waals surface area (Å²) in [7, 11) is 0. The van der Waals surface area contributed by atoms with Crippen molar-refractivity contribution in [2.24, 2.45) is 0 Å². The fourth-order valence-electron chi connectivity index (χ4n) is 1.38. The number of esters is 1. The maximum atomic E-state index is 12.8. The van der Waals surface area contributed by atoms with Gasteiger partial charge >= 0.3 is 5.97 Å². The maximum Gasteiger partial charge on any atom is 0.308 e. The number of carbonyl (C=O) groups is 1. The SMILES string of the molecule is CCOC(=O)CC(O)CNc1cc(F)cc(F)c1. The molecule has 1 aromatic rings. The number of hydrogen-bond acceptors (Lipinski definition) is 4. The molecule has 0 aliphatic carbocycles. The number of ether oxygens (including phenoxy) is 1. The first-order valence-electron chi connectivity index (χ1n) is 5.55. The number of anilines is 1. The van der Waals surface area contributed by atoms with Gasteiger partial charge in [0.1, 0.15) is 11.6 Å². The highest BCUT2D eigenvalue weighted by molar-refractivity contribution is 5.70. The molecule has 1 aromatic carbocycles. The van der Waals surface area contributed by atoms with Crippen LogP contribution < -0.4 is 5.32 Å². The van der Waals surface area contributed by atoms with Crippen LogP contribution >= 0.6 is 0 Å². The minimum atomic E-state index is -0.977. The topological polar surface area (TPSA) is 58.6 Å². The van der Waals surface area contributed by atoms with Gasteiger partial charge in [0.25, 0.3) is 0 Å². The van der Waals surface area contributed by atoms with Gasteiger partial charge in [0.15, 0.2) is 0 Å². The third kappa shape index (κ3) is 5.09. The van der Waals surface area contributed by atoms with Crippen molar-refractivity contribution >= 4 is 11.7 Å². The van der Waals surface area contributed by atoms with Crippen LogP contribution in [-0.2, 0) is 9.53 Å². The van der Waals surface area contributed by atoms with Gasteiger partial charge in [0.2, 0.25) is 0 Å². The summed E-state index contributed by atoms with van der Waals surface area (Å²) in [5, 5.41) is 12.1. The standard InChI is InChI=1S/C12H15F2NO3/c1-2-18-12(17)6-11(16)7-15-10-4-8(13)3-9(14)5-10/h3-5,11,15-16H,2,6-7H2,1H3. The molecule has 0 saturated heterocycles. The van der Waals surface area contributed by atoms with Crippen molar-refractivity contribution in [2.75, 3.05) is 18.5 Å². The second-order valence-electron chi connectivity index (χ2n) is 3.70. The van der Waals surface area contributed by atoms with E-state index in [0.29, 0.717) is 0 Å². The molecule has 0 fully saturated rings. The number of nitrogens with one attached hydrogen (secondary N) is 1. The van der Waals surface area contributed by atoms with E-state index >= 15 is 0 Å². The molecule has 0 radical (unpaired) electrons. The highest BCUT2D eigenvalue weighted by Gasteiger charge is 2.11. The lowest BCUT2D eigenvalue weighted by atomic mass is 10.2. The fraction of sp³-hybridized carbons (Fsp3) is 0.417. The normalized spacial score (nSPS) is 12.0. The number of hydrogen-bond donors (Lipinski definition) is 2. The Labute approximate surface area is 104 Å². The molecule has 6 heteroatoms. The summed E-state index contributed by atoms with van der Waals surface area (Å²) in [4.78, 5) is 11.0. The van der Waals surface area contributed by atoms with E-state index in [2.05, 4.69) is 10.1 Å². The van der Waals surface area contributed by atoms with Gasteiger partial charge in [-0.2, -0.15) is 0 Å². The summed E-state index contributed by atoms with van der Waals surface area (Å²) in [6.45, 7) is 1.91. The van der Waals surface area contributed by atoms with Crippen LogP contribution in [0, 0.1) is 11.6 Å². The van der Waals surface area contributed by atoms with Gasteiger partial charge in [-0.3, -0.25) is 4.79 Å². The molecule has 0 aromatic heterocycles. The summed E-state index contributed by atoms with van der Waals surface area (Å²) >= 11 is 0. The third-order valence-corrected chi connectivity index (χ3v) is 2.11. The van der Waals surface area contributed by atoms with Crippen molar-refractivity contribution in [2.45, 2.75) is 19.4 Å². The van der Waals surface area contributed by atoms with E-state index < -0.39 is 23.7 Å². The van der Waals surface area contributed by atoms with Crippen LogP contribution in [0.4, 0.5) is 14.5 Å². The van der Waals surface area contributed by atoms with E-state index in [1.807, 2.05) is 0 Å². The smallest absolute Gasteiger partial charge is 0.308 e. The average molecular weight is 259 g/mol. The first-order chi connectivity index (χ1) is 8.51. The van der Waals surface area contributed by atoms with E-state index in [0.717, 1.165) is 18.2 Å². The molecular formula is C12H15F2NO3. The van der Waals surface area contributed by atoms with E-state index in [4.69, 9.17) is 0 Å². The molecule has 2 N–H and O–H groups in total. The average Bonchev–Trinajstić information content (AvgIpc) is 2.25. The molecule has 18 heavy (non-hydrogen) atoms. The molecule has 0 spiro atoms. The Bertz CT molecular complexity index is 392. The maximum absolute atomic E-state index is 12.8. The lowest BCUT2D eigenvalue weighted by molar-refractivity contribution is -0.145. The Morgan fingerprint density at radius 2 is 2.00 bits per heavy atom. The van der Waals surface area contributed by atoms with Crippen molar-refractivity contribution in [3.63, 3.8) is 0 Å². The van der Waals surface area contributed by atoms with Gasteiger partial charge in [0, 0.05) is 18.3 Å². The second-order valence-corrected chi connectivity index (χ2v) is 3.70. The van der Waals surface area contributed by atoms with E-state index in [1.54, 1.807) is 6.92 Å². The quantitative estimate of drug-likeness (QED) is 0.763. The van der Waals surface area contributed by atoms with Crippen molar-refractivity contribution in [1.82, 2.24) is 0 Å². The van der Waals surface area contributed by atoms with Gasteiger partial charge in [-0.25, -0.2) is 8.78 Å². The van der Waals surface area contributed by atoms with Crippen LogP contribution in [0.15, 0.2) is 18.2 Å². The predicted octanol–water partition coefficient (Wildman–Crippen LogP) is 1.69. The van der Waals surface area contributed by atoms with Crippen LogP contribution in [0.3, 0.4) is 0 Å². The van der Waals surface area contributed by atoms with Gasteiger partial charge in [-0.05, 0) is 19.1 Å². The van der Waals surface area contributed by atoms with E-state index in [-0.39, 0.29) is 25.3 Å². The van der Waals surface area contributed by atoms with Crippen molar-refractivity contribution < 1.29 is 23.4 Å². The van der Waals surface area contributed by atoms with E-state index in [9.17, 15) is 18.7 Å². The van der Waals surface area contributed by atoms with Gasteiger partial charge in [0.05, 0.1) is 19.1 Å². The summed E-state index contributed by atoms with van der Waals surface area (Å²) in [5.74, 6) is -1.94. The number of aliphatic hydroxyl groups excluding tert-OH is 1. The number of rotatable bonds is 6. The minimum Gasteiger partial charge on any atom is -0.466 e. The molecule has 4 nitrogen and oxygen atoms in total. The fourth-order valence-corrected chi connectivity index (χ4v) is 1.38. The second kappa shape index (κ2) is 6.90. The third-order valence-electron chi connectivity index (χ3n) is 2.11. The first-order valence-corrected chi connectivity index (χ1v) is 5.55. The number of carbonyl (C=O) groups excluding carboxylic acids is 1. The van der Waals surface area contributed by atoms with Crippen molar-refractivity contribution in [1.29, 1.82) is 0 Å². The van der Waals surface area contributed by atoms with Crippen LogP contribution in [0.2, 0.25) is 0 Å². The zero-order valence-corrected chi connectivity index (χ0v) is 9.95. The monoisotopic (exact) mass is 259 g/mol. The number of aliphatic hydroxyl groups is 1. The molecule has 1 unspecified atom stereocenters. The Hall–Kier alpha value is -1.69. The molecule has 1 rings (SSSR count). The lowest BCUT2D eigenvalue weighted by Gasteiger charge is -2.12.